The quantitative estimate of drug-likeness (QED) is 0.513. The zero-order valence-electron chi connectivity index (χ0n) is 18.2. The van der Waals surface area contributed by atoms with Crippen LogP contribution in [0.15, 0.2) is 66.7 Å². The van der Waals surface area contributed by atoms with E-state index in [2.05, 4.69) is 49.4 Å². The molecule has 0 fully saturated rings. The molecule has 1 aliphatic rings. The van der Waals surface area contributed by atoms with Crippen molar-refractivity contribution in [1.82, 2.24) is 0 Å². The molecular formula is C28H28O3. The van der Waals surface area contributed by atoms with Gasteiger partial charge in [-0.3, -0.25) is 0 Å². The van der Waals surface area contributed by atoms with Crippen LogP contribution < -0.4 is 4.74 Å². The molecule has 1 N–H and O–H groups in total. The first-order valence-corrected chi connectivity index (χ1v) is 10.8. The molecule has 0 atom stereocenters. The maximum absolute atomic E-state index is 11.1. The predicted octanol–water partition coefficient (Wildman–Crippen LogP) is 6.06. The molecule has 0 amide bonds. The van der Waals surface area contributed by atoms with Gasteiger partial charge < -0.3 is 9.84 Å². The maximum Gasteiger partial charge on any atom is 0.335 e. The minimum absolute atomic E-state index is 0.333. The monoisotopic (exact) mass is 412 g/mol. The van der Waals surface area contributed by atoms with Crippen molar-refractivity contribution in [2.75, 3.05) is 7.11 Å². The van der Waals surface area contributed by atoms with Gasteiger partial charge in [-0.25, -0.2) is 4.79 Å². The standard InChI is InChI=1S/C28H28O3/c1-19-15-21(18-26(16-19)31-2)17-25-8-4-6-22-5-3-7-23(27(22)25)12-9-20-10-13-24(14-11-20)28(29)30/h3,5,7-8,10-11,13-16,18H,4,6,9,12,17H2,1-2H3,(H,29,30). The summed E-state index contributed by atoms with van der Waals surface area (Å²) in [5, 5.41) is 9.10. The van der Waals surface area contributed by atoms with Gasteiger partial charge in [0.25, 0.3) is 0 Å². The first-order valence-electron chi connectivity index (χ1n) is 10.8. The van der Waals surface area contributed by atoms with Crippen LogP contribution in [0.2, 0.25) is 0 Å². The minimum atomic E-state index is -0.883. The molecule has 0 aliphatic heterocycles. The van der Waals surface area contributed by atoms with E-state index in [0.717, 1.165) is 43.4 Å². The lowest BCUT2D eigenvalue weighted by atomic mass is 9.83. The van der Waals surface area contributed by atoms with E-state index in [1.54, 1.807) is 19.2 Å². The number of carboxylic acid groups (broad SMARTS) is 1. The Labute approximate surface area is 184 Å². The fraction of sp³-hybridized carbons (Fsp3) is 0.250. The Bertz CT molecular complexity index is 1120. The van der Waals surface area contributed by atoms with Gasteiger partial charge in [0.15, 0.2) is 0 Å². The highest BCUT2D eigenvalue weighted by molar-refractivity contribution is 5.87. The number of ether oxygens (including phenoxy) is 1. The number of methoxy groups -OCH3 is 1. The average Bonchev–Trinajstić information content (AvgIpc) is 2.77. The molecule has 31 heavy (non-hydrogen) atoms. The van der Waals surface area contributed by atoms with E-state index in [0.29, 0.717) is 5.56 Å². The van der Waals surface area contributed by atoms with Gasteiger partial charge in [-0.05, 0) is 102 Å². The summed E-state index contributed by atoms with van der Waals surface area (Å²) in [4.78, 5) is 11.1. The summed E-state index contributed by atoms with van der Waals surface area (Å²) in [5.41, 5.74) is 9.56. The lowest BCUT2D eigenvalue weighted by molar-refractivity contribution is 0.0697. The molecule has 0 saturated heterocycles. The van der Waals surface area contributed by atoms with Crippen molar-refractivity contribution < 1.29 is 14.6 Å². The summed E-state index contributed by atoms with van der Waals surface area (Å²) in [5.74, 6) is 0.0240. The highest BCUT2D eigenvalue weighted by Crippen LogP contribution is 2.33. The summed E-state index contributed by atoms with van der Waals surface area (Å²) >= 11 is 0. The zero-order valence-corrected chi connectivity index (χ0v) is 18.2. The topological polar surface area (TPSA) is 46.5 Å². The summed E-state index contributed by atoms with van der Waals surface area (Å²) in [6.07, 6.45) is 7.27. The SMILES string of the molecule is COc1cc(C)cc(CC2=CCCc3cccc(CCc4ccc(C(=O)O)cc4)c32)c1. The highest BCUT2D eigenvalue weighted by atomic mass is 16.5. The third kappa shape index (κ3) is 4.88. The van der Waals surface area contributed by atoms with Crippen molar-refractivity contribution >= 4 is 11.5 Å². The maximum atomic E-state index is 11.1. The van der Waals surface area contributed by atoms with Crippen molar-refractivity contribution in [3.63, 3.8) is 0 Å². The average molecular weight is 413 g/mol. The number of hydrogen-bond acceptors (Lipinski definition) is 2. The Balaban J connectivity index is 1.57. The molecule has 3 aromatic carbocycles. The van der Waals surface area contributed by atoms with Gasteiger partial charge in [0.2, 0.25) is 0 Å². The summed E-state index contributed by atoms with van der Waals surface area (Å²) in [6.45, 7) is 2.11. The Hall–Kier alpha value is -3.33. The van der Waals surface area contributed by atoms with Crippen molar-refractivity contribution in [3.8, 4) is 5.75 Å². The molecule has 1 aliphatic carbocycles. The van der Waals surface area contributed by atoms with Gasteiger partial charge in [-0.2, -0.15) is 0 Å². The van der Waals surface area contributed by atoms with Crippen molar-refractivity contribution in [1.29, 1.82) is 0 Å². The molecule has 0 bridgehead atoms. The first-order chi connectivity index (χ1) is 15.0. The van der Waals surface area contributed by atoms with Gasteiger partial charge in [-0.15, -0.1) is 0 Å². The molecule has 0 spiro atoms. The second-order valence-electron chi connectivity index (χ2n) is 8.26. The number of fused-ring (bicyclic) bond motifs is 1. The van der Waals surface area contributed by atoms with Crippen LogP contribution in [0.5, 0.6) is 5.75 Å². The fourth-order valence-electron chi connectivity index (χ4n) is 4.50. The van der Waals surface area contributed by atoms with Gasteiger partial charge in [0.1, 0.15) is 5.75 Å². The molecule has 0 radical (unpaired) electrons. The van der Waals surface area contributed by atoms with E-state index in [1.165, 1.54) is 33.4 Å². The van der Waals surface area contributed by atoms with Crippen LogP contribution in [0, 0.1) is 6.92 Å². The smallest absolute Gasteiger partial charge is 0.335 e. The third-order valence-electron chi connectivity index (χ3n) is 5.99. The Morgan fingerprint density at radius 3 is 2.55 bits per heavy atom. The van der Waals surface area contributed by atoms with Crippen LogP contribution in [0.3, 0.4) is 0 Å². The number of rotatable bonds is 7. The van der Waals surface area contributed by atoms with Crippen molar-refractivity contribution in [2.24, 2.45) is 0 Å². The lowest BCUT2D eigenvalue weighted by Crippen LogP contribution is -2.07. The summed E-state index contributed by atoms with van der Waals surface area (Å²) < 4.78 is 5.47. The summed E-state index contributed by atoms with van der Waals surface area (Å²) in [6, 6.07) is 20.3. The number of carbonyl (C=O) groups is 1. The van der Waals surface area contributed by atoms with Crippen LogP contribution in [-0.2, 0) is 25.7 Å². The second-order valence-corrected chi connectivity index (χ2v) is 8.26. The minimum Gasteiger partial charge on any atom is -0.497 e. The molecule has 0 saturated carbocycles. The predicted molar refractivity (Wildman–Crippen MR) is 125 cm³/mol. The van der Waals surface area contributed by atoms with E-state index in [-0.39, 0.29) is 0 Å². The van der Waals surface area contributed by atoms with E-state index < -0.39 is 5.97 Å². The van der Waals surface area contributed by atoms with E-state index in [1.807, 2.05) is 12.1 Å². The molecule has 0 heterocycles. The van der Waals surface area contributed by atoms with Gasteiger partial charge in [-0.1, -0.05) is 42.5 Å². The number of carboxylic acids is 1. The molecule has 4 rings (SSSR count). The zero-order chi connectivity index (χ0) is 21.8. The Kier molecular flexibility index (Phi) is 6.22. The first kappa shape index (κ1) is 20.9. The number of hydrogen-bond donors (Lipinski definition) is 1. The number of aromatic carboxylic acids is 1. The van der Waals surface area contributed by atoms with Gasteiger partial charge >= 0.3 is 5.97 Å². The van der Waals surface area contributed by atoms with Crippen LogP contribution >= 0.6 is 0 Å². The Morgan fingerprint density at radius 2 is 1.81 bits per heavy atom. The van der Waals surface area contributed by atoms with E-state index in [4.69, 9.17) is 9.84 Å². The van der Waals surface area contributed by atoms with Gasteiger partial charge in [0.05, 0.1) is 12.7 Å². The fourth-order valence-corrected chi connectivity index (χ4v) is 4.50. The van der Waals surface area contributed by atoms with Crippen LogP contribution in [0.4, 0.5) is 0 Å². The van der Waals surface area contributed by atoms with Crippen LogP contribution in [-0.4, -0.2) is 18.2 Å². The van der Waals surface area contributed by atoms with Crippen LogP contribution in [0.1, 0.15) is 50.2 Å². The van der Waals surface area contributed by atoms with E-state index in [9.17, 15) is 4.79 Å². The number of allylic oxidation sites excluding steroid dienone is 2. The highest BCUT2D eigenvalue weighted by Gasteiger charge is 2.17. The molecule has 158 valence electrons. The number of benzene rings is 3. The summed E-state index contributed by atoms with van der Waals surface area (Å²) in [7, 11) is 1.72. The Morgan fingerprint density at radius 1 is 1.00 bits per heavy atom. The van der Waals surface area contributed by atoms with E-state index >= 15 is 0 Å². The molecule has 0 unspecified atom stereocenters. The molecular weight excluding hydrogens is 384 g/mol. The van der Waals surface area contributed by atoms with Gasteiger partial charge in [0, 0.05) is 0 Å². The molecule has 0 aromatic heterocycles. The van der Waals surface area contributed by atoms with Crippen molar-refractivity contribution in [2.45, 2.75) is 39.0 Å². The molecule has 3 aromatic rings. The van der Waals surface area contributed by atoms with Crippen molar-refractivity contribution in [3.05, 3.63) is 106 Å². The van der Waals surface area contributed by atoms with Crippen LogP contribution in [0.25, 0.3) is 5.57 Å². The largest absolute Gasteiger partial charge is 0.497 e. The third-order valence-corrected chi connectivity index (χ3v) is 5.99. The molecule has 3 heteroatoms. The normalized spacial score (nSPS) is 12.8. The second kappa shape index (κ2) is 9.22. The lowest BCUT2D eigenvalue weighted by Gasteiger charge is -2.22. The number of aryl methyl sites for hydroxylation is 4. The molecule has 3 nitrogen and oxygen atoms in total.